The van der Waals surface area contributed by atoms with Crippen molar-refractivity contribution in [1.29, 1.82) is 0 Å². The first-order chi connectivity index (χ1) is 12.4. The highest BCUT2D eigenvalue weighted by molar-refractivity contribution is 6.01. The van der Waals surface area contributed by atoms with Gasteiger partial charge in [0.25, 0.3) is 0 Å². The van der Waals surface area contributed by atoms with Crippen molar-refractivity contribution in [2.75, 3.05) is 27.4 Å². The van der Waals surface area contributed by atoms with E-state index < -0.39 is 5.97 Å². The van der Waals surface area contributed by atoms with Crippen LogP contribution < -0.4 is 4.74 Å². The first kappa shape index (κ1) is 19.7. The maximum Gasteiger partial charge on any atom is 0.342 e. The molecule has 1 atom stereocenters. The van der Waals surface area contributed by atoms with Crippen LogP contribution in [0, 0.1) is 13.8 Å². The van der Waals surface area contributed by atoms with Crippen LogP contribution in [0.4, 0.5) is 0 Å². The second-order valence-corrected chi connectivity index (χ2v) is 6.16. The molecule has 1 unspecified atom stereocenters. The van der Waals surface area contributed by atoms with E-state index in [1.165, 1.54) is 7.11 Å². The Hall–Kier alpha value is -2.60. The van der Waals surface area contributed by atoms with Gasteiger partial charge in [-0.3, -0.25) is 4.79 Å². The molecule has 0 aliphatic heterocycles. The highest BCUT2D eigenvalue weighted by Crippen LogP contribution is 2.22. The van der Waals surface area contributed by atoms with Gasteiger partial charge in [-0.2, -0.15) is 0 Å². The molecular formula is C20H25NO5. The number of Topliss-reactive ketones (excluding diaryl/α,β-unsaturated/α-hetero) is 1. The Morgan fingerprint density at radius 1 is 1.12 bits per heavy atom. The highest BCUT2D eigenvalue weighted by Gasteiger charge is 2.21. The molecule has 0 aliphatic rings. The van der Waals surface area contributed by atoms with Crippen LogP contribution in [0.3, 0.4) is 0 Å². The fourth-order valence-electron chi connectivity index (χ4n) is 3.15. The monoisotopic (exact) mass is 359 g/mol. The van der Waals surface area contributed by atoms with E-state index in [1.54, 1.807) is 31.4 Å². The van der Waals surface area contributed by atoms with Gasteiger partial charge in [0.15, 0.2) is 6.61 Å². The minimum Gasteiger partial charge on any atom is -0.496 e. The van der Waals surface area contributed by atoms with Gasteiger partial charge in [0.05, 0.1) is 19.8 Å². The molecule has 6 heteroatoms. The summed E-state index contributed by atoms with van der Waals surface area (Å²) in [5, 5.41) is 0. The van der Waals surface area contributed by atoms with Gasteiger partial charge >= 0.3 is 5.97 Å². The van der Waals surface area contributed by atoms with Crippen LogP contribution >= 0.6 is 0 Å². The van der Waals surface area contributed by atoms with E-state index >= 15 is 0 Å². The van der Waals surface area contributed by atoms with Gasteiger partial charge in [-0.15, -0.1) is 0 Å². The third kappa shape index (κ3) is 4.14. The summed E-state index contributed by atoms with van der Waals surface area (Å²) in [6.45, 7) is 6.08. The molecule has 2 rings (SSSR count). The number of hydrogen-bond donors (Lipinski definition) is 0. The quantitative estimate of drug-likeness (QED) is 0.534. The van der Waals surface area contributed by atoms with Crippen molar-refractivity contribution in [3.8, 4) is 5.75 Å². The standard InChI is InChI=1S/C20H25NO5/c1-13-10-17(15(3)21(13)14(2)11-24-4)18(22)12-26-20(23)16-8-6-7-9-19(16)25-5/h6-10,14H,11-12H2,1-5H3. The van der Waals surface area contributed by atoms with Crippen LogP contribution in [0.5, 0.6) is 5.75 Å². The van der Waals surface area contributed by atoms with E-state index in [2.05, 4.69) is 4.57 Å². The summed E-state index contributed by atoms with van der Waals surface area (Å²) in [6, 6.07) is 8.67. The summed E-state index contributed by atoms with van der Waals surface area (Å²) in [4.78, 5) is 24.8. The van der Waals surface area contributed by atoms with Crippen LogP contribution in [0.15, 0.2) is 30.3 Å². The Morgan fingerprint density at radius 2 is 1.81 bits per heavy atom. The molecule has 0 saturated heterocycles. The summed E-state index contributed by atoms with van der Waals surface area (Å²) >= 11 is 0. The molecule has 0 bridgehead atoms. The third-order valence-electron chi connectivity index (χ3n) is 4.29. The van der Waals surface area contributed by atoms with Crippen LogP contribution in [-0.4, -0.2) is 43.8 Å². The number of aryl methyl sites for hydroxylation is 1. The normalized spacial score (nSPS) is 11.9. The van der Waals surface area contributed by atoms with Gasteiger partial charge < -0.3 is 18.8 Å². The first-order valence-corrected chi connectivity index (χ1v) is 8.41. The summed E-state index contributed by atoms with van der Waals surface area (Å²) in [6.07, 6.45) is 0. The zero-order valence-corrected chi connectivity index (χ0v) is 15.9. The Bertz CT molecular complexity index is 793. The van der Waals surface area contributed by atoms with Gasteiger partial charge in [0, 0.05) is 24.1 Å². The number of ketones is 1. The fourth-order valence-corrected chi connectivity index (χ4v) is 3.15. The predicted molar refractivity (Wildman–Crippen MR) is 98.1 cm³/mol. The molecule has 0 amide bonds. The Balaban J connectivity index is 2.11. The number of nitrogens with zero attached hydrogens (tertiary/aromatic N) is 1. The number of rotatable bonds is 8. The number of hydrogen-bond acceptors (Lipinski definition) is 5. The van der Waals surface area contributed by atoms with Crippen molar-refractivity contribution in [3.05, 3.63) is 52.8 Å². The lowest BCUT2D eigenvalue weighted by Gasteiger charge is -2.17. The van der Waals surface area contributed by atoms with E-state index in [1.807, 2.05) is 26.8 Å². The maximum absolute atomic E-state index is 12.5. The van der Waals surface area contributed by atoms with E-state index in [-0.39, 0.29) is 18.4 Å². The van der Waals surface area contributed by atoms with E-state index in [0.717, 1.165) is 11.4 Å². The molecule has 6 nitrogen and oxygen atoms in total. The molecule has 1 heterocycles. The van der Waals surface area contributed by atoms with Gasteiger partial charge in [-0.05, 0) is 39.0 Å². The summed E-state index contributed by atoms with van der Waals surface area (Å²) < 4.78 is 17.6. The average molecular weight is 359 g/mol. The number of ether oxygens (including phenoxy) is 3. The van der Waals surface area contributed by atoms with Crippen molar-refractivity contribution in [2.24, 2.45) is 0 Å². The molecule has 140 valence electrons. The highest BCUT2D eigenvalue weighted by atomic mass is 16.5. The lowest BCUT2D eigenvalue weighted by molar-refractivity contribution is 0.0471. The molecule has 0 fully saturated rings. The predicted octanol–water partition coefficient (Wildman–Crippen LogP) is 3.36. The first-order valence-electron chi connectivity index (χ1n) is 8.41. The van der Waals surface area contributed by atoms with Crippen LogP contribution in [-0.2, 0) is 9.47 Å². The van der Waals surface area contributed by atoms with Gasteiger partial charge in [-0.1, -0.05) is 12.1 Å². The van der Waals surface area contributed by atoms with Crippen molar-refractivity contribution in [1.82, 2.24) is 4.57 Å². The fraction of sp³-hybridized carbons (Fsp3) is 0.400. The van der Waals surface area contributed by atoms with Gasteiger partial charge in [0.1, 0.15) is 11.3 Å². The number of esters is 1. The SMILES string of the molecule is COCC(C)n1c(C)cc(C(=O)COC(=O)c2ccccc2OC)c1C. The van der Waals surface area contributed by atoms with E-state index in [0.29, 0.717) is 23.5 Å². The minimum atomic E-state index is -0.586. The topological polar surface area (TPSA) is 66.8 Å². The molecule has 1 aromatic heterocycles. The Kier molecular flexibility index (Phi) is 6.58. The van der Waals surface area contributed by atoms with Gasteiger partial charge in [-0.25, -0.2) is 4.79 Å². The van der Waals surface area contributed by atoms with E-state index in [4.69, 9.17) is 14.2 Å². The van der Waals surface area contributed by atoms with Gasteiger partial charge in [0.2, 0.25) is 5.78 Å². The molecule has 26 heavy (non-hydrogen) atoms. The number of carbonyl (C=O) groups is 2. The van der Waals surface area contributed by atoms with Crippen molar-refractivity contribution in [3.63, 3.8) is 0 Å². The van der Waals surface area contributed by atoms with Crippen LogP contribution in [0.2, 0.25) is 0 Å². The second-order valence-electron chi connectivity index (χ2n) is 6.16. The summed E-state index contributed by atoms with van der Waals surface area (Å²) in [5.74, 6) is -0.411. The molecule has 1 aromatic carbocycles. The smallest absolute Gasteiger partial charge is 0.342 e. The average Bonchev–Trinajstić information content (AvgIpc) is 2.93. The van der Waals surface area contributed by atoms with Crippen molar-refractivity contribution >= 4 is 11.8 Å². The number of aromatic nitrogens is 1. The molecule has 2 aromatic rings. The largest absolute Gasteiger partial charge is 0.496 e. The third-order valence-corrected chi connectivity index (χ3v) is 4.29. The zero-order valence-electron chi connectivity index (χ0n) is 15.9. The summed E-state index contributed by atoms with van der Waals surface area (Å²) in [5.41, 5.74) is 2.65. The number of methoxy groups -OCH3 is 2. The molecular weight excluding hydrogens is 334 g/mol. The lowest BCUT2D eigenvalue weighted by atomic mass is 10.1. The lowest BCUT2D eigenvalue weighted by Crippen LogP contribution is -2.17. The van der Waals surface area contributed by atoms with Crippen molar-refractivity contribution in [2.45, 2.75) is 26.8 Å². The molecule has 0 N–H and O–H groups in total. The molecule has 0 radical (unpaired) electrons. The number of carbonyl (C=O) groups excluding carboxylic acids is 2. The molecule has 0 saturated carbocycles. The molecule has 0 aliphatic carbocycles. The zero-order chi connectivity index (χ0) is 19.3. The second kappa shape index (κ2) is 8.67. The number of benzene rings is 1. The minimum absolute atomic E-state index is 0.109. The summed E-state index contributed by atoms with van der Waals surface area (Å²) in [7, 11) is 3.13. The Labute approximate surface area is 153 Å². The maximum atomic E-state index is 12.5. The van der Waals surface area contributed by atoms with Crippen molar-refractivity contribution < 1.29 is 23.8 Å². The van der Waals surface area contributed by atoms with Crippen LogP contribution in [0.1, 0.15) is 45.1 Å². The number of para-hydroxylation sites is 1. The van der Waals surface area contributed by atoms with E-state index in [9.17, 15) is 9.59 Å². The Morgan fingerprint density at radius 3 is 2.46 bits per heavy atom. The molecule has 0 spiro atoms. The van der Waals surface area contributed by atoms with Crippen LogP contribution in [0.25, 0.3) is 0 Å².